The molecule has 2 rings (SSSR count). The Kier molecular flexibility index (Phi) is 3.48. The minimum absolute atomic E-state index is 0.143. The van der Waals surface area contributed by atoms with Crippen molar-refractivity contribution in [2.24, 2.45) is 5.92 Å². The van der Waals surface area contributed by atoms with Gasteiger partial charge in [-0.25, -0.2) is 0 Å². The number of carbonyl (C=O) groups excluding carboxylic acids is 1. The molecule has 3 nitrogen and oxygen atoms in total. The average Bonchev–Trinajstić information content (AvgIpc) is 2.16. The Labute approximate surface area is 88.7 Å². The van der Waals surface area contributed by atoms with Crippen molar-refractivity contribution in [2.75, 3.05) is 31.1 Å². The zero-order valence-electron chi connectivity index (χ0n) is 8.21. The van der Waals surface area contributed by atoms with Crippen molar-refractivity contribution in [3.63, 3.8) is 0 Å². The predicted octanol–water partition coefficient (Wildman–Crippen LogP) is 0.385. The van der Waals surface area contributed by atoms with E-state index in [4.69, 9.17) is 0 Å². The number of hydrogen-bond donors (Lipinski definition) is 2. The quantitative estimate of drug-likeness (QED) is 0.711. The molecule has 0 aliphatic carbocycles. The second-order valence-corrected chi connectivity index (χ2v) is 4.91. The summed E-state index contributed by atoms with van der Waals surface area (Å²) in [5.41, 5.74) is 0.966. The lowest BCUT2D eigenvalue weighted by molar-refractivity contribution is -0.117. The van der Waals surface area contributed by atoms with E-state index >= 15 is 0 Å². The van der Waals surface area contributed by atoms with Crippen LogP contribution in [0.5, 0.6) is 0 Å². The van der Waals surface area contributed by atoms with E-state index in [1.54, 1.807) is 0 Å². The molecule has 78 valence electrons. The third kappa shape index (κ3) is 2.51. The van der Waals surface area contributed by atoms with Crippen molar-refractivity contribution in [3.05, 3.63) is 11.6 Å². The Morgan fingerprint density at radius 3 is 3.07 bits per heavy atom. The molecule has 2 heterocycles. The van der Waals surface area contributed by atoms with Gasteiger partial charge in [0.2, 0.25) is 5.91 Å². The van der Waals surface area contributed by atoms with E-state index < -0.39 is 0 Å². The van der Waals surface area contributed by atoms with Crippen LogP contribution < -0.4 is 10.6 Å². The van der Waals surface area contributed by atoms with Gasteiger partial charge in [-0.15, -0.1) is 0 Å². The van der Waals surface area contributed by atoms with E-state index in [1.807, 2.05) is 11.8 Å². The topological polar surface area (TPSA) is 41.1 Å². The van der Waals surface area contributed by atoms with E-state index in [2.05, 4.69) is 16.7 Å². The van der Waals surface area contributed by atoms with Crippen LogP contribution in [0.3, 0.4) is 0 Å². The Hall–Kier alpha value is -0.480. The minimum atomic E-state index is 0.143. The van der Waals surface area contributed by atoms with Gasteiger partial charge in [-0.2, -0.15) is 11.8 Å². The lowest BCUT2D eigenvalue weighted by Gasteiger charge is -2.27. The molecule has 4 heteroatoms. The van der Waals surface area contributed by atoms with E-state index in [1.165, 1.54) is 0 Å². The van der Waals surface area contributed by atoms with Crippen LogP contribution in [0.15, 0.2) is 11.6 Å². The molecule has 0 aromatic rings. The first-order chi connectivity index (χ1) is 6.86. The maximum Gasteiger partial charge on any atom is 0.247 e. The van der Waals surface area contributed by atoms with Crippen LogP contribution in [0.25, 0.3) is 0 Å². The van der Waals surface area contributed by atoms with Gasteiger partial charge in [0.15, 0.2) is 0 Å². The fourth-order valence-electron chi connectivity index (χ4n) is 1.56. The highest BCUT2D eigenvalue weighted by Gasteiger charge is 2.18. The van der Waals surface area contributed by atoms with Crippen LogP contribution in [0.1, 0.15) is 6.42 Å². The van der Waals surface area contributed by atoms with Gasteiger partial charge in [-0.1, -0.05) is 6.08 Å². The molecule has 0 spiro atoms. The van der Waals surface area contributed by atoms with Crippen LogP contribution >= 0.6 is 11.8 Å². The van der Waals surface area contributed by atoms with Gasteiger partial charge >= 0.3 is 0 Å². The summed E-state index contributed by atoms with van der Waals surface area (Å²) in [6, 6.07) is 0. The lowest BCUT2D eigenvalue weighted by Crippen LogP contribution is -2.48. The standard InChI is InChI=1S/C10H16N2OS/c13-10(9-2-1-3-14-7-9)12-6-8-4-11-5-8/h2,8,11H,1,3-7H2,(H,12,13). The highest BCUT2D eigenvalue weighted by atomic mass is 32.2. The smallest absolute Gasteiger partial charge is 0.247 e. The number of nitrogens with one attached hydrogen (secondary N) is 2. The Bertz CT molecular complexity index is 249. The molecule has 1 fully saturated rings. The molecule has 2 aliphatic rings. The van der Waals surface area contributed by atoms with Gasteiger partial charge in [-0.3, -0.25) is 4.79 Å². The van der Waals surface area contributed by atoms with Gasteiger partial charge in [0.05, 0.1) is 0 Å². The fourth-order valence-corrected chi connectivity index (χ4v) is 2.46. The van der Waals surface area contributed by atoms with Crippen molar-refractivity contribution < 1.29 is 4.79 Å². The van der Waals surface area contributed by atoms with E-state index in [9.17, 15) is 4.79 Å². The van der Waals surface area contributed by atoms with E-state index in [0.717, 1.165) is 43.1 Å². The largest absolute Gasteiger partial charge is 0.352 e. The molecule has 0 saturated carbocycles. The zero-order chi connectivity index (χ0) is 9.80. The van der Waals surface area contributed by atoms with Crippen molar-refractivity contribution in [1.29, 1.82) is 0 Å². The van der Waals surface area contributed by atoms with Crippen molar-refractivity contribution in [1.82, 2.24) is 10.6 Å². The average molecular weight is 212 g/mol. The molecule has 0 unspecified atom stereocenters. The number of rotatable bonds is 3. The number of hydrogen-bond acceptors (Lipinski definition) is 3. The SMILES string of the molecule is O=C(NCC1CNC1)C1=CCCSC1. The van der Waals surface area contributed by atoms with Gasteiger partial charge < -0.3 is 10.6 Å². The van der Waals surface area contributed by atoms with Gasteiger partial charge in [0, 0.05) is 36.9 Å². The van der Waals surface area contributed by atoms with Crippen molar-refractivity contribution in [2.45, 2.75) is 6.42 Å². The molecule has 2 aliphatic heterocycles. The van der Waals surface area contributed by atoms with Gasteiger partial charge in [0.1, 0.15) is 0 Å². The van der Waals surface area contributed by atoms with Crippen molar-refractivity contribution >= 4 is 17.7 Å². The maximum atomic E-state index is 11.6. The molecule has 14 heavy (non-hydrogen) atoms. The highest BCUT2D eigenvalue weighted by molar-refractivity contribution is 7.99. The predicted molar refractivity (Wildman–Crippen MR) is 59.4 cm³/mol. The third-order valence-electron chi connectivity index (χ3n) is 2.62. The second kappa shape index (κ2) is 4.84. The number of allylic oxidation sites excluding steroid dienone is 1. The maximum absolute atomic E-state index is 11.6. The molecule has 0 bridgehead atoms. The zero-order valence-corrected chi connectivity index (χ0v) is 9.03. The van der Waals surface area contributed by atoms with Gasteiger partial charge in [-0.05, 0) is 12.2 Å². The highest BCUT2D eigenvalue weighted by Crippen LogP contribution is 2.16. The van der Waals surface area contributed by atoms with Crippen LogP contribution in [0.2, 0.25) is 0 Å². The molecular weight excluding hydrogens is 196 g/mol. The first-order valence-corrected chi connectivity index (χ1v) is 6.27. The summed E-state index contributed by atoms with van der Waals surface area (Å²) in [5.74, 6) is 2.83. The third-order valence-corrected chi connectivity index (χ3v) is 3.66. The first kappa shape index (κ1) is 10.1. The monoisotopic (exact) mass is 212 g/mol. The van der Waals surface area contributed by atoms with Crippen molar-refractivity contribution in [3.8, 4) is 0 Å². The molecule has 2 N–H and O–H groups in total. The summed E-state index contributed by atoms with van der Waals surface area (Å²) in [4.78, 5) is 11.6. The molecule has 0 atom stereocenters. The number of thioether (sulfide) groups is 1. The van der Waals surface area contributed by atoms with E-state index in [-0.39, 0.29) is 5.91 Å². The second-order valence-electron chi connectivity index (χ2n) is 3.80. The Balaban J connectivity index is 1.73. The molecular formula is C10H16N2OS. The molecule has 1 saturated heterocycles. The Morgan fingerprint density at radius 2 is 2.50 bits per heavy atom. The lowest BCUT2D eigenvalue weighted by atomic mass is 10.0. The summed E-state index contributed by atoms with van der Waals surface area (Å²) >= 11 is 1.84. The summed E-state index contributed by atoms with van der Waals surface area (Å²) in [6.45, 7) is 2.93. The normalized spacial score (nSPS) is 22.4. The molecule has 0 aromatic carbocycles. The Morgan fingerprint density at radius 1 is 1.64 bits per heavy atom. The summed E-state index contributed by atoms with van der Waals surface area (Å²) in [7, 11) is 0. The molecule has 1 amide bonds. The minimum Gasteiger partial charge on any atom is -0.352 e. The molecule has 0 aromatic heterocycles. The first-order valence-electron chi connectivity index (χ1n) is 5.12. The van der Waals surface area contributed by atoms with Crippen LogP contribution in [0, 0.1) is 5.92 Å². The van der Waals surface area contributed by atoms with Gasteiger partial charge in [0.25, 0.3) is 0 Å². The van der Waals surface area contributed by atoms with E-state index in [0.29, 0.717) is 5.92 Å². The summed E-state index contributed by atoms with van der Waals surface area (Å²) in [5, 5.41) is 6.19. The fraction of sp³-hybridized carbons (Fsp3) is 0.700. The van der Waals surface area contributed by atoms with Crippen LogP contribution in [0.4, 0.5) is 0 Å². The summed E-state index contributed by atoms with van der Waals surface area (Å²) in [6.07, 6.45) is 3.11. The number of amides is 1. The van der Waals surface area contributed by atoms with Crippen LogP contribution in [-0.4, -0.2) is 37.0 Å². The van der Waals surface area contributed by atoms with Crippen LogP contribution in [-0.2, 0) is 4.79 Å². The molecule has 0 radical (unpaired) electrons. The summed E-state index contributed by atoms with van der Waals surface area (Å²) < 4.78 is 0. The number of carbonyl (C=O) groups is 1.